The summed E-state index contributed by atoms with van der Waals surface area (Å²) in [5, 5.41) is 5.47. The summed E-state index contributed by atoms with van der Waals surface area (Å²) in [4.78, 5) is 22.3. The number of nitrogens with zero attached hydrogens (tertiary/aromatic N) is 3. The van der Waals surface area contributed by atoms with E-state index in [1.165, 1.54) is 6.08 Å². The largest absolute Gasteiger partial charge is 0.364 e. The lowest BCUT2D eigenvalue weighted by atomic mass is 10.2. The van der Waals surface area contributed by atoms with Crippen LogP contribution < -0.4 is 5.32 Å². The second kappa shape index (κ2) is 5.20. The number of rotatable bonds is 3. The van der Waals surface area contributed by atoms with E-state index < -0.39 is 0 Å². The van der Waals surface area contributed by atoms with Crippen molar-refractivity contribution in [1.82, 2.24) is 14.9 Å². The maximum absolute atomic E-state index is 11.6. The third kappa shape index (κ3) is 2.38. The SMILES string of the molecule is C=CC(=O)N1CC[C@@H](Nc2nc(C)nc3ccsc23)C1. The van der Waals surface area contributed by atoms with Gasteiger partial charge in [-0.2, -0.15) is 0 Å². The van der Waals surface area contributed by atoms with Crippen molar-refractivity contribution in [2.75, 3.05) is 18.4 Å². The Hall–Kier alpha value is -1.95. The summed E-state index contributed by atoms with van der Waals surface area (Å²) in [6, 6.07) is 2.24. The predicted octanol–water partition coefficient (Wildman–Crippen LogP) is 2.20. The van der Waals surface area contributed by atoms with Crippen LogP contribution in [0.5, 0.6) is 0 Å². The highest BCUT2D eigenvalue weighted by atomic mass is 32.1. The maximum Gasteiger partial charge on any atom is 0.246 e. The van der Waals surface area contributed by atoms with E-state index in [2.05, 4.69) is 21.9 Å². The zero-order chi connectivity index (χ0) is 14.1. The molecule has 0 radical (unpaired) electrons. The number of aromatic nitrogens is 2. The van der Waals surface area contributed by atoms with E-state index in [0.29, 0.717) is 6.54 Å². The van der Waals surface area contributed by atoms with Crippen molar-refractivity contribution in [3.63, 3.8) is 0 Å². The molecule has 0 unspecified atom stereocenters. The van der Waals surface area contributed by atoms with Crippen molar-refractivity contribution >= 4 is 33.3 Å². The molecule has 104 valence electrons. The van der Waals surface area contributed by atoms with Gasteiger partial charge in [-0.1, -0.05) is 6.58 Å². The Morgan fingerprint density at radius 3 is 3.25 bits per heavy atom. The third-order valence-electron chi connectivity index (χ3n) is 3.43. The first-order chi connectivity index (χ1) is 9.67. The Morgan fingerprint density at radius 2 is 2.45 bits per heavy atom. The Balaban J connectivity index is 1.79. The van der Waals surface area contributed by atoms with Crippen LogP contribution in [0, 0.1) is 6.92 Å². The van der Waals surface area contributed by atoms with Crippen LogP contribution in [0.25, 0.3) is 10.2 Å². The zero-order valence-corrected chi connectivity index (χ0v) is 12.1. The van der Waals surface area contributed by atoms with Gasteiger partial charge in [0.1, 0.15) is 11.6 Å². The van der Waals surface area contributed by atoms with Crippen molar-refractivity contribution in [3.05, 3.63) is 29.9 Å². The molecule has 2 aromatic heterocycles. The van der Waals surface area contributed by atoms with Gasteiger partial charge in [0.2, 0.25) is 5.91 Å². The second-order valence-electron chi connectivity index (χ2n) is 4.87. The fourth-order valence-corrected chi connectivity index (χ4v) is 3.26. The standard InChI is InChI=1S/C14H16N4OS/c1-3-12(19)18-6-4-10(8-18)17-14-13-11(5-7-20-13)15-9(2)16-14/h3,5,7,10H,1,4,6,8H2,2H3,(H,15,16,17)/t10-/m1/s1. The fraction of sp³-hybridized carbons (Fsp3) is 0.357. The average Bonchev–Trinajstić information content (AvgIpc) is 3.06. The first kappa shape index (κ1) is 13.1. The summed E-state index contributed by atoms with van der Waals surface area (Å²) in [6.45, 7) is 6.88. The van der Waals surface area contributed by atoms with E-state index in [-0.39, 0.29) is 11.9 Å². The van der Waals surface area contributed by atoms with Crippen LogP contribution in [-0.2, 0) is 4.79 Å². The number of fused-ring (bicyclic) bond motifs is 1. The number of thiophene rings is 1. The number of likely N-dealkylation sites (tertiary alicyclic amines) is 1. The second-order valence-corrected chi connectivity index (χ2v) is 5.79. The summed E-state index contributed by atoms with van der Waals surface area (Å²) in [5.74, 6) is 1.63. The quantitative estimate of drug-likeness (QED) is 0.880. The zero-order valence-electron chi connectivity index (χ0n) is 11.3. The van der Waals surface area contributed by atoms with E-state index in [1.807, 2.05) is 23.3 Å². The van der Waals surface area contributed by atoms with Crippen LogP contribution in [0.3, 0.4) is 0 Å². The van der Waals surface area contributed by atoms with Gasteiger partial charge >= 0.3 is 0 Å². The van der Waals surface area contributed by atoms with Crippen molar-refractivity contribution in [2.45, 2.75) is 19.4 Å². The molecule has 1 atom stereocenters. The highest BCUT2D eigenvalue weighted by molar-refractivity contribution is 7.17. The van der Waals surface area contributed by atoms with Gasteiger partial charge in [-0.25, -0.2) is 9.97 Å². The lowest BCUT2D eigenvalue weighted by Gasteiger charge is -2.16. The van der Waals surface area contributed by atoms with E-state index in [9.17, 15) is 4.79 Å². The molecule has 1 aliphatic heterocycles. The Labute approximate surface area is 121 Å². The van der Waals surface area contributed by atoms with Gasteiger partial charge in [-0.05, 0) is 30.9 Å². The normalized spacial score (nSPS) is 18.4. The van der Waals surface area contributed by atoms with Gasteiger partial charge in [0.05, 0.1) is 10.2 Å². The van der Waals surface area contributed by atoms with Crippen LogP contribution >= 0.6 is 11.3 Å². The minimum Gasteiger partial charge on any atom is -0.364 e. The number of carbonyl (C=O) groups is 1. The molecule has 3 rings (SSSR count). The van der Waals surface area contributed by atoms with Gasteiger partial charge in [-0.3, -0.25) is 4.79 Å². The van der Waals surface area contributed by atoms with Crippen LogP contribution in [-0.4, -0.2) is 39.9 Å². The number of aryl methyl sites for hydroxylation is 1. The molecule has 1 saturated heterocycles. The van der Waals surface area contributed by atoms with Gasteiger partial charge in [0.25, 0.3) is 0 Å². The van der Waals surface area contributed by atoms with E-state index >= 15 is 0 Å². The molecule has 0 aliphatic carbocycles. The molecule has 1 amide bonds. The van der Waals surface area contributed by atoms with Gasteiger partial charge < -0.3 is 10.2 Å². The molecule has 0 spiro atoms. The number of hydrogen-bond donors (Lipinski definition) is 1. The first-order valence-corrected chi connectivity index (χ1v) is 7.45. The molecule has 0 saturated carbocycles. The van der Waals surface area contributed by atoms with Crippen LogP contribution in [0.2, 0.25) is 0 Å². The first-order valence-electron chi connectivity index (χ1n) is 6.57. The Bertz CT molecular complexity index is 666. The average molecular weight is 288 g/mol. The minimum atomic E-state index is -0.00515. The Kier molecular flexibility index (Phi) is 3.40. The lowest BCUT2D eigenvalue weighted by Crippen LogP contribution is -2.30. The molecule has 1 aliphatic rings. The van der Waals surface area contributed by atoms with Crippen molar-refractivity contribution < 1.29 is 4.79 Å². The highest BCUT2D eigenvalue weighted by Crippen LogP contribution is 2.27. The molecule has 0 bridgehead atoms. The summed E-state index contributed by atoms with van der Waals surface area (Å²) < 4.78 is 1.07. The monoisotopic (exact) mass is 288 g/mol. The van der Waals surface area contributed by atoms with E-state index in [0.717, 1.165) is 34.8 Å². The summed E-state index contributed by atoms with van der Waals surface area (Å²) >= 11 is 1.63. The number of amides is 1. The van der Waals surface area contributed by atoms with Crippen LogP contribution in [0.4, 0.5) is 5.82 Å². The van der Waals surface area contributed by atoms with Crippen molar-refractivity contribution in [3.8, 4) is 0 Å². The van der Waals surface area contributed by atoms with Gasteiger partial charge in [-0.15, -0.1) is 11.3 Å². The third-order valence-corrected chi connectivity index (χ3v) is 4.34. The molecule has 20 heavy (non-hydrogen) atoms. The highest BCUT2D eigenvalue weighted by Gasteiger charge is 2.25. The summed E-state index contributed by atoms with van der Waals surface area (Å²) in [5.41, 5.74) is 0.974. The van der Waals surface area contributed by atoms with E-state index in [1.54, 1.807) is 11.3 Å². The summed E-state index contributed by atoms with van der Waals surface area (Å²) in [6.07, 6.45) is 2.30. The topological polar surface area (TPSA) is 58.1 Å². The van der Waals surface area contributed by atoms with Gasteiger partial charge in [0, 0.05) is 19.1 Å². The molecular formula is C14H16N4OS. The van der Waals surface area contributed by atoms with Gasteiger partial charge in [0.15, 0.2) is 0 Å². The summed E-state index contributed by atoms with van der Waals surface area (Å²) in [7, 11) is 0. The van der Waals surface area contributed by atoms with Crippen molar-refractivity contribution in [1.29, 1.82) is 0 Å². The van der Waals surface area contributed by atoms with E-state index in [4.69, 9.17) is 0 Å². The lowest BCUT2D eigenvalue weighted by molar-refractivity contribution is -0.125. The molecular weight excluding hydrogens is 272 g/mol. The number of carbonyl (C=O) groups excluding carboxylic acids is 1. The molecule has 6 heteroatoms. The Morgan fingerprint density at radius 1 is 1.60 bits per heavy atom. The minimum absolute atomic E-state index is 0.00515. The molecule has 1 fully saturated rings. The predicted molar refractivity (Wildman–Crippen MR) is 81.0 cm³/mol. The molecule has 0 aromatic carbocycles. The molecule has 1 N–H and O–H groups in total. The maximum atomic E-state index is 11.6. The van der Waals surface area contributed by atoms with Crippen molar-refractivity contribution in [2.24, 2.45) is 0 Å². The molecule has 3 heterocycles. The fourth-order valence-electron chi connectivity index (χ4n) is 2.48. The molecule has 2 aromatic rings. The number of hydrogen-bond acceptors (Lipinski definition) is 5. The van der Waals surface area contributed by atoms with Crippen LogP contribution in [0.1, 0.15) is 12.2 Å². The number of nitrogens with one attached hydrogen (secondary N) is 1. The smallest absolute Gasteiger partial charge is 0.246 e. The number of anilines is 1. The van der Waals surface area contributed by atoms with Crippen LogP contribution in [0.15, 0.2) is 24.1 Å². The molecule has 5 nitrogen and oxygen atoms in total.